The lowest BCUT2D eigenvalue weighted by Gasteiger charge is -2.48. The van der Waals surface area contributed by atoms with Crippen LogP contribution in [-0.2, 0) is 0 Å². The van der Waals surface area contributed by atoms with Gasteiger partial charge in [0, 0.05) is 24.2 Å². The molecule has 5 atom stereocenters. The molecular weight excluding hydrogens is 244 g/mol. The van der Waals surface area contributed by atoms with E-state index >= 15 is 0 Å². The van der Waals surface area contributed by atoms with E-state index in [1.165, 1.54) is 44.9 Å². The lowest BCUT2D eigenvalue weighted by Crippen LogP contribution is -2.56. The average Bonchev–Trinajstić information content (AvgIpc) is 2.80. The van der Waals surface area contributed by atoms with Gasteiger partial charge in [0.25, 0.3) is 0 Å². The van der Waals surface area contributed by atoms with Gasteiger partial charge >= 0.3 is 0 Å². The summed E-state index contributed by atoms with van der Waals surface area (Å²) in [6, 6.07) is 2.54. The molecule has 0 aromatic rings. The highest BCUT2D eigenvalue weighted by atomic mass is 15.2. The maximum atomic E-state index is 6.54. The zero-order chi connectivity index (χ0) is 14.9. The van der Waals surface area contributed by atoms with E-state index in [0.29, 0.717) is 17.5 Å². The molecule has 0 amide bonds. The number of hydrogen-bond donors (Lipinski definition) is 1. The maximum absolute atomic E-state index is 6.54. The van der Waals surface area contributed by atoms with Crippen molar-refractivity contribution in [2.45, 2.75) is 104 Å². The number of likely N-dealkylation sites (tertiary alicyclic amines) is 1. The lowest BCUT2D eigenvalue weighted by atomic mass is 9.67. The smallest absolute Gasteiger partial charge is 0.0255 e. The predicted molar refractivity (Wildman–Crippen MR) is 87.8 cm³/mol. The van der Waals surface area contributed by atoms with E-state index in [-0.39, 0.29) is 0 Å². The zero-order valence-corrected chi connectivity index (χ0v) is 14.4. The van der Waals surface area contributed by atoms with Crippen LogP contribution in [0, 0.1) is 11.3 Å². The van der Waals surface area contributed by atoms with Crippen molar-refractivity contribution in [1.82, 2.24) is 4.90 Å². The Hall–Kier alpha value is -0.0800. The summed E-state index contributed by atoms with van der Waals surface area (Å²) < 4.78 is 0. The fraction of sp³-hybridized carbons (Fsp3) is 1.00. The van der Waals surface area contributed by atoms with E-state index in [0.717, 1.165) is 18.0 Å². The van der Waals surface area contributed by atoms with Crippen LogP contribution >= 0.6 is 0 Å². The topological polar surface area (TPSA) is 29.3 Å². The van der Waals surface area contributed by atoms with Gasteiger partial charge in [-0.05, 0) is 56.8 Å². The molecule has 2 N–H and O–H groups in total. The number of rotatable bonds is 4. The van der Waals surface area contributed by atoms with Gasteiger partial charge in [0.15, 0.2) is 0 Å². The van der Waals surface area contributed by atoms with Gasteiger partial charge in [-0.25, -0.2) is 0 Å². The van der Waals surface area contributed by atoms with E-state index < -0.39 is 0 Å². The third-order valence-corrected chi connectivity index (χ3v) is 6.59. The van der Waals surface area contributed by atoms with E-state index in [4.69, 9.17) is 5.73 Å². The Kier molecular flexibility index (Phi) is 5.18. The summed E-state index contributed by atoms with van der Waals surface area (Å²) in [4.78, 5) is 2.81. The van der Waals surface area contributed by atoms with Crippen LogP contribution in [0.1, 0.15) is 79.6 Å². The van der Waals surface area contributed by atoms with Gasteiger partial charge in [0.05, 0.1) is 0 Å². The van der Waals surface area contributed by atoms with E-state index in [2.05, 4.69) is 39.5 Å². The van der Waals surface area contributed by atoms with Gasteiger partial charge < -0.3 is 5.73 Å². The highest BCUT2D eigenvalue weighted by Gasteiger charge is 2.43. The normalized spacial score (nSPS) is 40.2. The van der Waals surface area contributed by atoms with Gasteiger partial charge in [-0.3, -0.25) is 4.90 Å². The Morgan fingerprint density at radius 1 is 1.10 bits per heavy atom. The van der Waals surface area contributed by atoms with Crippen LogP contribution in [0.2, 0.25) is 0 Å². The van der Waals surface area contributed by atoms with E-state index in [1.807, 2.05) is 0 Å². The van der Waals surface area contributed by atoms with Gasteiger partial charge in [-0.2, -0.15) is 0 Å². The largest absolute Gasteiger partial charge is 0.326 e. The highest BCUT2D eigenvalue weighted by Crippen LogP contribution is 2.43. The molecule has 2 aliphatic rings. The molecular formula is C18H36N2. The molecule has 0 bridgehead atoms. The molecule has 0 aromatic heterocycles. The molecule has 1 heterocycles. The van der Waals surface area contributed by atoms with Crippen molar-refractivity contribution < 1.29 is 0 Å². The number of nitrogens with zero attached hydrogens (tertiary/aromatic N) is 1. The first-order valence-corrected chi connectivity index (χ1v) is 8.93. The van der Waals surface area contributed by atoms with Gasteiger partial charge in [-0.1, -0.05) is 34.1 Å². The standard InChI is InChI=1S/C18H36N2/c1-6-15-10-8-13(3)20(15)17-12-14(9-11-16(17)19)18(4,5)7-2/h13-17H,6-12,19H2,1-5H3. The van der Waals surface area contributed by atoms with Crippen LogP contribution in [0.15, 0.2) is 0 Å². The first-order chi connectivity index (χ1) is 9.40. The Labute approximate surface area is 126 Å². The van der Waals surface area contributed by atoms with Gasteiger partial charge in [-0.15, -0.1) is 0 Å². The first-order valence-electron chi connectivity index (χ1n) is 8.93. The maximum Gasteiger partial charge on any atom is 0.0255 e. The van der Waals surface area contributed by atoms with Crippen LogP contribution in [0.4, 0.5) is 0 Å². The molecule has 1 aliphatic carbocycles. The van der Waals surface area contributed by atoms with Crippen LogP contribution < -0.4 is 5.73 Å². The monoisotopic (exact) mass is 280 g/mol. The molecule has 5 unspecified atom stereocenters. The molecule has 118 valence electrons. The van der Waals surface area contributed by atoms with E-state index in [1.54, 1.807) is 0 Å². The number of hydrogen-bond acceptors (Lipinski definition) is 2. The summed E-state index contributed by atoms with van der Waals surface area (Å²) in [5.74, 6) is 0.850. The molecule has 2 fully saturated rings. The Morgan fingerprint density at radius 2 is 1.80 bits per heavy atom. The summed E-state index contributed by atoms with van der Waals surface area (Å²) in [7, 11) is 0. The molecule has 2 heteroatoms. The molecule has 20 heavy (non-hydrogen) atoms. The Bertz CT molecular complexity index is 313. The second-order valence-electron chi connectivity index (χ2n) is 8.02. The van der Waals surface area contributed by atoms with Crippen LogP contribution in [0.5, 0.6) is 0 Å². The van der Waals surface area contributed by atoms with Crippen LogP contribution in [0.3, 0.4) is 0 Å². The molecule has 2 rings (SSSR count). The van der Waals surface area contributed by atoms with Crippen LogP contribution in [-0.4, -0.2) is 29.1 Å². The lowest BCUT2D eigenvalue weighted by molar-refractivity contribution is 0.0347. The van der Waals surface area contributed by atoms with Crippen LogP contribution in [0.25, 0.3) is 0 Å². The quantitative estimate of drug-likeness (QED) is 0.837. The fourth-order valence-corrected chi connectivity index (χ4v) is 4.62. The molecule has 2 nitrogen and oxygen atoms in total. The first kappa shape index (κ1) is 16.3. The summed E-state index contributed by atoms with van der Waals surface area (Å²) >= 11 is 0. The summed E-state index contributed by atoms with van der Waals surface area (Å²) in [5, 5.41) is 0. The average molecular weight is 280 g/mol. The van der Waals surface area contributed by atoms with Crippen molar-refractivity contribution in [3.8, 4) is 0 Å². The minimum atomic E-state index is 0.397. The van der Waals surface area contributed by atoms with Gasteiger partial charge in [0.1, 0.15) is 0 Å². The molecule has 0 spiro atoms. The molecule has 1 saturated carbocycles. The Balaban J connectivity index is 2.12. The van der Waals surface area contributed by atoms with Crippen molar-refractivity contribution in [2.75, 3.05) is 0 Å². The third-order valence-electron chi connectivity index (χ3n) is 6.59. The second-order valence-corrected chi connectivity index (χ2v) is 8.02. The Morgan fingerprint density at radius 3 is 2.40 bits per heavy atom. The molecule has 0 radical (unpaired) electrons. The third kappa shape index (κ3) is 3.06. The molecule has 0 aromatic carbocycles. The summed E-state index contributed by atoms with van der Waals surface area (Å²) in [6.07, 6.45) is 9.19. The van der Waals surface area contributed by atoms with Crippen molar-refractivity contribution >= 4 is 0 Å². The molecule has 1 aliphatic heterocycles. The second kappa shape index (κ2) is 6.36. The van der Waals surface area contributed by atoms with Crippen molar-refractivity contribution in [2.24, 2.45) is 17.1 Å². The van der Waals surface area contributed by atoms with Crippen molar-refractivity contribution in [1.29, 1.82) is 0 Å². The summed E-state index contributed by atoms with van der Waals surface area (Å²) in [6.45, 7) is 12.0. The highest BCUT2D eigenvalue weighted by molar-refractivity contribution is 4.98. The van der Waals surface area contributed by atoms with Crippen molar-refractivity contribution in [3.63, 3.8) is 0 Å². The number of nitrogens with two attached hydrogens (primary N) is 1. The summed E-state index contributed by atoms with van der Waals surface area (Å²) in [5.41, 5.74) is 7.02. The fourth-order valence-electron chi connectivity index (χ4n) is 4.62. The SMILES string of the molecule is CCC1CCC(C)N1C1CC(C(C)(C)CC)CCC1N. The van der Waals surface area contributed by atoms with E-state index in [9.17, 15) is 0 Å². The minimum Gasteiger partial charge on any atom is -0.326 e. The predicted octanol–water partition coefficient (Wildman–Crippen LogP) is 4.18. The molecule has 1 saturated heterocycles. The zero-order valence-electron chi connectivity index (χ0n) is 14.4. The van der Waals surface area contributed by atoms with Gasteiger partial charge in [0.2, 0.25) is 0 Å². The van der Waals surface area contributed by atoms with Crippen molar-refractivity contribution in [3.05, 3.63) is 0 Å². The minimum absolute atomic E-state index is 0.397.